The quantitative estimate of drug-likeness (QED) is 0.364. The Morgan fingerprint density at radius 3 is 2.37 bits per heavy atom. The van der Waals surface area contributed by atoms with Crippen LogP contribution in [-0.2, 0) is 25.7 Å². The van der Waals surface area contributed by atoms with Crippen molar-refractivity contribution in [2.45, 2.75) is 36.6 Å². The Labute approximate surface area is 214 Å². The number of aryl methyl sites for hydroxylation is 1. The van der Waals surface area contributed by atoms with E-state index in [1.165, 1.54) is 21.2 Å². The lowest BCUT2D eigenvalue weighted by Crippen LogP contribution is -2.32. The van der Waals surface area contributed by atoms with Crippen molar-refractivity contribution in [1.29, 1.82) is 0 Å². The smallest absolute Gasteiger partial charge is 0.326 e. The van der Waals surface area contributed by atoms with Gasteiger partial charge >= 0.3 is 10.8 Å². The number of thiazole rings is 1. The summed E-state index contributed by atoms with van der Waals surface area (Å²) in [5.74, 6) is -2.39. The topological polar surface area (TPSA) is 85.7 Å². The standard InChI is InChI=1S/C25H21ClN2O5S2/c1-3-33-17(29)12-27-24-21(35-25(27)32)18(14-6-8-15(26)9-7-14)19-20(34-24)23(31)28(22(19)30)16-10-4-13(2)5-11-16/h4-11,18-20H,3,12H2,1-2H3. The van der Waals surface area contributed by atoms with Crippen molar-refractivity contribution in [3.05, 3.63) is 79.2 Å². The van der Waals surface area contributed by atoms with Crippen molar-refractivity contribution in [1.82, 2.24) is 4.57 Å². The van der Waals surface area contributed by atoms with Crippen LogP contribution in [0.25, 0.3) is 0 Å². The second-order valence-corrected chi connectivity index (χ2v) is 10.9. The fourth-order valence-electron chi connectivity index (χ4n) is 4.57. The van der Waals surface area contributed by atoms with Gasteiger partial charge in [-0.3, -0.25) is 23.7 Å². The fourth-order valence-corrected chi connectivity index (χ4v) is 7.47. The number of anilines is 1. The number of benzene rings is 2. The lowest BCUT2D eigenvalue weighted by molar-refractivity contribution is -0.144. The molecule has 2 aromatic carbocycles. The van der Waals surface area contributed by atoms with Gasteiger partial charge < -0.3 is 4.74 Å². The number of carbonyl (C=O) groups is 3. The molecule has 0 saturated carbocycles. The second kappa shape index (κ2) is 9.29. The minimum Gasteiger partial charge on any atom is -0.465 e. The molecule has 35 heavy (non-hydrogen) atoms. The van der Waals surface area contributed by atoms with Gasteiger partial charge in [0, 0.05) is 15.8 Å². The zero-order valence-corrected chi connectivity index (χ0v) is 21.3. The number of fused-ring (bicyclic) bond motifs is 2. The maximum absolute atomic E-state index is 13.8. The monoisotopic (exact) mass is 528 g/mol. The third kappa shape index (κ3) is 4.11. The van der Waals surface area contributed by atoms with Gasteiger partial charge in [0.1, 0.15) is 11.8 Å². The highest BCUT2D eigenvalue weighted by Gasteiger charge is 2.56. The first kappa shape index (κ1) is 23.8. The summed E-state index contributed by atoms with van der Waals surface area (Å²) in [6, 6.07) is 14.3. The number of imide groups is 1. The van der Waals surface area contributed by atoms with Crippen molar-refractivity contribution in [2.24, 2.45) is 5.92 Å². The SMILES string of the molecule is CCOC(=O)Cn1c2c(sc1=O)C(c1ccc(Cl)cc1)C1C(=O)N(c3ccc(C)cc3)C(=O)C1S2. The van der Waals surface area contributed by atoms with Crippen LogP contribution in [0.4, 0.5) is 5.69 Å². The van der Waals surface area contributed by atoms with Crippen molar-refractivity contribution in [3.63, 3.8) is 0 Å². The summed E-state index contributed by atoms with van der Waals surface area (Å²) in [4.78, 5) is 54.1. The molecule has 1 aromatic heterocycles. The molecule has 0 aliphatic carbocycles. The number of hydrogen-bond donors (Lipinski definition) is 0. The highest BCUT2D eigenvalue weighted by atomic mass is 35.5. The number of ether oxygens (including phenoxy) is 1. The van der Waals surface area contributed by atoms with E-state index in [9.17, 15) is 19.2 Å². The van der Waals surface area contributed by atoms with Crippen LogP contribution in [0.3, 0.4) is 0 Å². The maximum Gasteiger partial charge on any atom is 0.326 e. The number of halogens is 1. The van der Waals surface area contributed by atoms with E-state index < -0.39 is 23.1 Å². The Morgan fingerprint density at radius 1 is 1.03 bits per heavy atom. The largest absolute Gasteiger partial charge is 0.465 e. The second-order valence-electron chi connectivity index (χ2n) is 8.37. The van der Waals surface area contributed by atoms with Crippen molar-refractivity contribution < 1.29 is 19.1 Å². The molecule has 5 rings (SSSR count). The van der Waals surface area contributed by atoms with Crippen LogP contribution >= 0.6 is 34.7 Å². The summed E-state index contributed by atoms with van der Waals surface area (Å²) in [6.45, 7) is 3.58. The summed E-state index contributed by atoms with van der Waals surface area (Å²) in [5.41, 5.74) is 2.31. The molecule has 0 bridgehead atoms. The summed E-state index contributed by atoms with van der Waals surface area (Å²) >= 11 is 8.29. The minimum absolute atomic E-state index is 0.198. The van der Waals surface area contributed by atoms with Crippen molar-refractivity contribution in [3.8, 4) is 0 Å². The number of nitrogens with zero attached hydrogens (tertiary/aromatic N) is 2. The lowest BCUT2D eigenvalue weighted by Gasteiger charge is -2.30. The Kier molecular flexibility index (Phi) is 6.33. The number of aromatic nitrogens is 1. The Hall–Kier alpha value is -2.88. The van der Waals surface area contributed by atoms with Gasteiger partial charge in [0.05, 0.1) is 23.2 Å². The summed E-state index contributed by atoms with van der Waals surface area (Å²) in [5, 5.41) is 0.333. The number of amides is 2. The molecule has 0 radical (unpaired) electrons. The molecule has 3 unspecified atom stereocenters. The summed E-state index contributed by atoms with van der Waals surface area (Å²) in [7, 11) is 0. The molecule has 3 aromatic rings. The zero-order valence-electron chi connectivity index (χ0n) is 18.9. The molecule has 1 saturated heterocycles. The molecule has 3 atom stereocenters. The lowest BCUT2D eigenvalue weighted by atomic mass is 9.83. The molecule has 2 aliphatic heterocycles. The number of hydrogen-bond acceptors (Lipinski definition) is 7. The molecule has 180 valence electrons. The Bertz CT molecular complexity index is 1380. The van der Waals surface area contributed by atoms with E-state index in [1.807, 2.05) is 31.2 Å². The zero-order chi connectivity index (χ0) is 24.9. The van der Waals surface area contributed by atoms with E-state index in [2.05, 4.69) is 0 Å². The Balaban J connectivity index is 1.64. The summed E-state index contributed by atoms with van der Waals surface area (Å²) < 4.78 is 6.40. The fraction of sp³-hybridized carbons (Fsp3) is 0.280. The predicted octanol–water partition coefficient (Wildman–Crippen LogP) is 4.23. The predicted molar refractivity (Wildman–Crippen MR) is 135 cm³/mol. The maximum atomic E-state index is 13.8. The summed E-state index contributed by atoms with van der Waals surface area (Å²) in [6.07, 6.45) is 0. The molecule has 0 spiro atoms. The third-order valence-corrected chi connectivity index (χ3v) is 9.02. The Morgan fingerprint density at radius 2 is 1.71 bits per heavy atom. The van der Waals surface area contributed by atoms with Crippen LogP contribution < -0.4 is 9.77 Å². The van der Waals surface area contributed by atoms with Gasteiger partial charge in [0.25, 0.3) is 0 Å². The highest BCUT2D eigenvalue weighted by Crippen LogP contribution is 2.53. The number of carbonyl (C=O) groups excluding carboxylic acids is 3. The first-order valence-corrected chi connectivity index (χ1v) is 13.1. The van der Waals surface area contributed by atoms with Gasteiger partial charge in [-0.15, -0.1) is 0 Å². The van der Waals surface area contributed by atoms with Crippen molar-refractivity contribution >= 4 is 58.2 Å². The van der Waals surface area contributed by atoms with Gasteiger partial charge in [0.2, 0.25) is 11.8 Å². The van der Waals surface area contributed by atoms with Crippen molar-refractivity contribution in [2.75, 3.05) is 11.5 Å². The van der Waals surface area contributed by atoms with E-state index in [-0.39, 0.29) is 29.8 Å². The molecule has 0 N–H and O–H groups in total. The molecular formula is C25H21ClN2O5S2. The molecule has 1 fully saturated rings. The van der Waals surface area contributed by atoms with Crippen LogP contribution in [-0.4, -0.2) is 34.2 Å². The van der Waals surface area contributed by atoms with Gasteiger partial charge in [-0.05, 0) is 43.7 Å². The van der Waals surface area contributed by atoms with E-state index in [4.69, 9.17) is 16.3 Å². The number of rotatable bonds is 5. The normalized spacial score (nSPS) is 21.1. The third-order valence-electron chi connectivity index (χ3n) is 6.16. The first-order valence-electron chi connectivity index (χ1n) is 11.1. The van der Waals surface area contributed by atoms with Crippen LogP contribution in [0.5, 0.6) is 0 Å². The minimum atomic E-state index is -0.737. The van der Waals surface area contributed by atoms with E-state index in [0.717, 1.165) is 22.5 Å². The average molecular weight is 529 g/mol. The number of thioether (sulfide) groups is 1. The molecular weight excluding hydrogens is 508 g/mol. The average Bonchev–Trinajstić information content (AvgIpc) is 3.27. The van der Waals surface area contributed by atoms with Crippen LogP contribution in [0.15, 0.2) is 58.4 Å². The van der Waals surface area contributed by atoms with Crippen LogP contribution in [0.2, 0.25) is 5.02 Å². The molecule has 10 heteroatoms. The molecule has 3 heterocycles. The van der Waals surface area contributed by atoms with Crippen LogP contribution in [0, 0.1) is 12.8 Å². The number of esters is 1. The molecule has 2 amide bonds. The van der Waals surface area contributed by atoms with Gasteiger partial charge in [-0.25, -0.2) is 4.90 Å². The van der Waals surface area contributed by atoms with Gasteiger partial charge in [0.15, 0.2) is 0 Å². The first-order chi connectivity index (χ1) is 16.8. The van der Waals surface area contributed by atoms with Gasteiger partial charge in [-0.1, -0.05) is 64.5 Å². The van der Waals surface area contributed by atoms with E-state index >= 15 is 0 Å². The van der Waals surface area contributed by atoms with E-state index in [0.29, 0.717) is 20.6 Å². The van der Waals surface area contributed by atoms with E-state index in [1.54, 1.807) is 31.2 Å². The highest BCUT2D eigenvalue weighted by molar-refractivity contribution is 8.00. The van der Waals surface area contributed by atoms with Crippen LogP contribution in [0.1, 0.15) is 28.8 Å². The molecule has 2 aliphatic rings. The molecule has 7 nitrogen and oxygen atoms in total. The van der Waals surface area contributed by atoms with Gasteiger partial charge in [-0.2, -0.15) is 0 Å².